The highest BCUT2D eigenvalue weighted by molar-refractivity contribution is 7.89. The maximum absolute atomic E-state index is 13.1. The summed E-state index contributed by atoms with van der Waals surface area (Å²) in [6.45, 7) is 8.96. The molecule has 2 fully saturated rings. The molecule has 0 saturated carbocycles. The van der Waals surface area contributed by atoms with Crippen LogP contribution in [0.3, 0.4) is 0 Å². The Hall–Kier alpha value is -1.12. The Morgan fingerprint density at radius 3 is 2.55 bits per heavy atom. The van der Waals surface area contributed by atoms with E-state index in [1.54, 1.807) is 18.2 Å². The summed E-state index contributed by atoms with van der Waals surface area (Å²) >= 11 is 12.2. The van der Waals surface area contributed by atoms with Crippen molar-refractivity contribution in [3.8, 4) is 0 Å². The van der Waals surface area contributed by atoms with Crippen molar-refractivity contribution < 1.29 is 13.2 Å². The van der Waals surface area contributed by atoms with Gasteiger partial charge in [-0.2, -0.15) is 4.31 Å². The molecule has 1 aromatic carbocycles. The molecule has 1 N–H and O–H groups in total. The first-order valence-electron chi connectivity index (χ1n) is 9.76. The van der Waals surface area contributed by atoms with E-state index in [4.69, 9.17) is 23.2 Å². The summed E-state index contributed by atoms with van der Waals surface area (Å²) in [5.74, 6) is 0.440. The Bertz CT molecular complexity index is 896. The van der Waals surface area contributed by atoms with Crippen molar-refractivity contribution >= 4 is 39.1 Å². The predicted octanol–water partition coefficient (Wildman–Crippen LogP) is 3.51. The Morgan fingerprint density at radius 2 is 1.97 bits per heavy atom. The molecule has 1 atom stereocenters. The van der Waals surface area contributed by atoms with Gasteiger partial charge in [-0.1, -0.05) is 49.2 Å². The second-order valence-corrected chi connectivity index (χ2v) is 10.7. The van der Waals surface area contributed by atoms with Crippen LogP contribution in [0.25, 0.3) is 0 Å². The van der Waals surface area contributed by atoms with Crippen LogP contribution >= 0.6 is 23.2 Å². The summed E-state index contributed by atoms with van der Waals surface area (Å²) in [5, 5.41) is 3.76. The molecule has 0 bridgehead atoms. The molecule has 2 heterocycles. The zero-order valence-electron chi connectivity index (χ0n) is 16.7. The van der Waals surface area contributed by atoms with Crippen LogP contribution in [0.4, 0.5) is 0 Å². The van der Waals surface area contributed by atoms with Crippen molar-refractivity contribution in [1.29, 1.82) is 0 Å². The van der Waals surface area contributed by atoms with E-state index in [0.717, 1.165) is 6.42 Å². The summed E-state index contributed by atoms with van der Waals surface area (Å²) in [6.07, 6.45) is 3.46. The van der Waals surface area contributed by atoms with Gasteiger partial charge in [0.15, 0.2) is 0 Å². The SMILES string of the molecule is C=CCN1C(=O)[C@H](CC(C)C)NC12CCN(S(=O)(=O)c1cccc(Cl)c1Cl)CC2. The number of sulfonamides is 1. The molecule has 2 aliphatic heterocycles. The van der Waals surface area contributed by atoms with E-state index in [0.29, 0.717) is 25.3 Å². The lowest BCUT2D eigenvalue weighted by Crippen LogP contribution is -2.59. The average Bonchev–Trinajstić information content (AvgIpc) is 2.89. The minimum Gasteiger partial charge on any atom is -0.319 e. The number of hydrogen-bond donors (Lipinski definition) is 1. The van der Waals surface area contributed by atoms with Gasteiger partial charge < -0.3 is 4.90 Å². The maximum Gasteiger partial charge on any atom is 0.244 e. The lowest BCUT2D eigenvalue weighted by molar-refractivity contribution is -0.132. The lowest BCUT2D eigenvalue weighted by Gasteiger charge is -2.44. The zero-order chi connectivity index (χ0) is 21.4. The summed E-state index contributed by atoms with van der Waals surface area (Å²) in [4.78, 5) is 14.8. The Labute approximate surface area is 182 Å². The van der Waals surface area contributed by atoms with Crippen LogP contribution in [0, 0.1) is 5.92 Å². The van der Waals surface area contributed by atoms with Gasteiger partial charge in [-0.3, -0.25) is 10.1 Å². The van der Waals surface area contributed by atoms with Gasteiger partial charge >= 0.3 is 0 Å². The zero-order valence-corrected chi connectivity index (χ0v) is 19.0. The largest absolute Gasteiger partial charge is 0.319 e. The molecule has 0 aliphatic carbocycles. The number of hydrogen-bond acceptors (Lipinski definition) is 4. The summed E-state index contributed by atoms with van der Waals surface area (Å²) in [5.41, 5.74) is -0.547. The van der Waals surface area contributed by atoms with Gasteiger partial charge in [0.05, 0.1) is 21.7 Å². The standard InChI is InChI=1S/C20H27Cl2N3O3S/c1-4-10-25-19(26)16(13-14(2)3)23-20(25)8-11-24(12-9-20)29(27,28)17-7-5-6-15(21)18(17)22/h4-7,14,16,23H,1,8-13H2,2-3H3/t16-/m0/s1. The van der Waals surface area contributed by atoms with Crippen molar-refractivity contribution in [2.24, 2.45) is 5.92 Å². The highest BCUT2D eigenvalue weighted by Crippen LogP contribution is 2.37. The van der Waals surface area contributed by atoms with Gasteiger partial charge in [0, 0.05) is 19.6 Å². The number of rotatable bonds is 6. The molecule has 29 heavy (non-hydrogen) atoms. The van der Waals surface area contributed by atoms with Crippen molar-refractivity contribution in [2.45, 2.75) is 49.7 Å². The first kappa shape index (κ1) is 22.6. The van der Waals surface area contributed by atoms with E-state index in [-0.39, 0.29) is 40.0 Å². The van der Waals surface area contributed by atoms with Gasteiger partial charge in [0.2, 0.25) is 15.9 Å². The molecule has 2 aliphatic rings. The molecule has 0 aromatic heterocycles. The Morgan fingerprint density at radius 1 is 1.31 bits per heavy atom. The van der Waals surface area contributed by atoms with E-state index >= 15 is 0 Å². The number of benzene rings is 1. The number of nitrogens with one attached hydrogen (secondary N) is 1. The molecular weight excluding hydrogens is 433 g/mol. The number of carbonyl (C=O) groups excluding carboxylic acids is 1. The third-order valence-corrected chi connectivity index (χ3v) is 8.50. The molecule has 0 unspecified atom stereocenters. The Balaban J connectivity index is 1.81. The van der Waals surface area contributed by atoms with Crippen LogP contribution in [0.15, 0.2) is 35.7 Å². The van der Waals surface area contributed by atoms with Crippen LogP contribution in [0.1, 0.15) is 33.1 Å². The second-order valence-electron chi connectivity index (χ2n) is 8.05. The number of amides is 1. The number of carbonyl (C=O) groups is 1. The monoisotopic (exact) mass is 459 g/mol. The molecule has 9 heteroatoms. The molecule has 160 valence electrons. The molecule has 1 spiro atoms. The van der Waals surface area contributed by atoms with Crippen molar-refractivity contribution in [3.63, 3.8) is 0 Å². The van der Waals surface area contributed by atoms with Crippen LogP contribution in [-0.4, -0.2) is 54.9 Å². The fourth-order valence-electron chi connectivity index (χ4n) is 4.22. The lowest BCUT2D eigenvalue weighted by atomic mass is 9.97. The fourth-order valence-corrected chi connectivity index (χ4v) is 6.40. The van der Waals surface area contributed by atoms with E-state index < -0.39 is 15.7 Å². The molecule has 1 aromatic rings. The number of halogens is 2. The van der Waals surface area contributed by atoms with E-state index in [2.05, 4.69) is 25.7 Å². The van der Waals surface area contributed by atoms with Crippen LogP contribution in [-0.2, 0) is 14.8 Å². The molecule has 1 amide bonds. The first-order chi connectivity index (χ1) is 13.6. The third kappa shape index (κ3) is 4.21. The highest BCUT2D eigenvalue weighted by atomic mass is 35.5. The average molecular weight is 460 g/mol. The molecule has 2 saturated heterocycles. The van der Waals surface area contributed by atoms with Crippen LogP contribution in [0.5, 0.6) is 0 Å². The summed E-state index contributed by atoms with van der Waals surface area (Å²) < 4.78 is 27.6. The molecule has 0 radical (unpaired) electrons. The van der Waals surface area contributed by atoms with Gasteiger partial charge in [-0.15, -0.1) is 6.58 Å². The first-order valence-corrected chi connectivity index (χ1v) is 12.0. The van der Waals surface area contributed by atoms with Gasteiger partial charge in [-0.05, 0) is 37.3 Å². The Kier molecular flexibility index (Phi) is 6.65. The van der Waals surface area contributed by atoms with Crippen LogP contribution in [0.2, 0.25) is 10.0 Å². The summed E-state index contributed by atoms with van der Waals surface area (Å²) in [7, 11) is -3.77. The fraction of sp³-hybridized carbons (Fsp3) is 0.550. The molecule has 6 nitrogen and oxygen atoms in total. The number of piperidine rings is 1. The maximum atomic E-state index is 13.1. The topological polar surface area (TPSA) is 69.7 Å². The van der Waals surface area contributed by atoms with Crippen molar-refractivity contribution in [1.82, 2.24) is 14.5 Å². The normalized spacial score (nSPS) is 22.6. The van der Waals surface area contributed by atoms with Crippen molar-refractivity contribution in [2.75, 3.05) is 19.6 Å². The van der Waals surface area contributed by atoms with Gasteiger partial charge in [0.25, 0.3) is 0 Å². The minimum absolute atomic E-state index is 0.0127. The quantitative estimate of drug-likeness (QED) is 0.660. The number of nitrogens with zero attached hydrogens (tertiary/aromatic N) is 2. The van der Waals surface area contributed by atoms with Crippen LogP contribution < -0.4 is 5.32 Å². The smallest absolute Gasteiger partial charge is 0.244 e. The van der Waals surface area contributed by atoms with Gasteiger partial charge in [-0.25, -0.2) is 8.42 Å². The van der Waals surface area contributed by atoms with E-state index in [9.17, 15) is 13.2 Å². The predicted molar refractivity (Wildman–Crippen MR) is 115 cm³/mol. The van der Waals surface area contributed by atoms with E-state index in [1.807, 2.05) is 4.90 Å². The highest BCUT2D eigenvalue weighted by Gasteiger charge is 2.52. The molecule has 3 rings (SSSR count). The van der Waals surface area contributed by atoms with Crippen molar-refractivity contribution in [3.05, 3.63) is 40.9 Å². The summed E-state index contributed by atoms with van der Waals surface area (Å²) in [6, 6.07) is 4.35. The molecular formula is C20H27Cl2N3O3S. The van der Waals surface area contributed by atoms with E-state index in [1.165, 1.54) is 10.4 Å². The van der Waals surface area contributed by atoms with Gasteiger partial charge in [0.1, 0.15) is 4.90 Å². The second kappa shape index (κ2) is 8.55. The minimum atomic E-state index is -3.77. The third-order valence-electron chi connectivity index (χ3n) is 5.63.